The fourth-order valence-electron chi connectivity index (χ4n) is 2.67. The molecular formula is C14H17ClFNO2. The van der Waals surface area contributed by atoms with E-state index in [1.165, 1.54) is 12.1 Å². The first-order valence-electron chi connectivity index (χ1n) is 6.42. The van der Waals surface area contributed by atoms with Crippen molar-refractivity contribution in [2.45, 2.75) is 25.8 Å². The predicted molar refractivity (Wildman–Crippen MR) is 71.7 cm³/mol. The second-order valence-electron chi connectivity index (χ2n) is 5.12. The quantitative estimate of drug-likeness (QED) is 0.924. The average Bonchev–Trinajstić information content (AvgIpc) is 2.26. The maximum absolute atomic E-state index is 13.3. The number of hydrogen-bond acceptors (Lipinski definition) is 2. The third kappa shape index (κ3) is 4.48. The molecule has 0 bridgehead atoms. The minimum Gasteiger partial charge on any atom is -0.481 e. The van der Waals surface area contributed by atoms with Crippen LogP contribution in [0, 0.1) is 11.7 Å². The summed E-state index contributed by atoms with van der Waals surface area (Å²) in [5.74, 6) is -0.891. The van der Waals surface area contributed by atoms with Gasteiger partial charge in [-0.1, -0.05) is 11.6 Å². The van der Waals surface area contributed by atoms with Crippen molar-refractivity contribution < 1.29 is 14.3 Å². The van der Waals surface area contributed by atoms with Crippen LogP contribution in [0.25, 0.3) is 0 Å². The van der Waals surface area contributed by atoms with Crippen LogP contribution in [-0.4, -0.2) is 29.1 Å². The lowest BCUT2D eigenvalue weighted by Gasteiger charge is -2.32. The highest BCUT2D eigenvalue weighted by Crippen LogP contribution is 2.22. The van der Waals surface area contributed by atoms with Crippen molar-refractivity contribution in [1.29, 1.82) is 0 Å². The van der Waals surface area contributed by atoms with Crippen LogP contribution in [0.3, 0.4) is 0 Å². The van der Waals surface area contributed by atoms with Gasteiger partial charge in [0.05, 0.1) is 0 Å². The Bertz CT molecular complexity index is 447. The third-order valence-corrected chi connectivity index (χ3v) is 3.61. The average molecular weight is 286 g/mol. The van der Waals surface area contributed by atoms with Gasteiger partial charge in [-0.2, -0.15) is 0 Å². The maximum Gasteiger partial charge on any atom is 0.303 e. The molecule has 2 rings (SSSR count). The van der Waals surface area contributed by atoms with E-state index >= 15 is 0 Å². The van der Waals surface area contributed by atoms with Crippen molar-refractivity contribution in [3.05, 3.63) is 34.6 Å². The predicted octanol–water partition coefficient (Wildman–Crippen LogP) is 3.17. The first kappa shape index (κ1) is 14.3. The molecule has 1 N–H and O–H groups in total. The Morgan fingerprint density at radius 3 is 2.95 bits per heavy atom. The van der Waals surface area contributed by atoms with E-state index in [0.717, 1.165) is 31.5 Å². The Morgan fingerprint density at radius 2 is 2.26 bits per heavy atom. The van der Waals surface area contributed by atoms with Crippen molar-refractivity contribution in [2.24, 2.45) is 5.92 Å². The number of benzene rings is 1. The van der Waals surface area contributed by atoms with Crippen LogP contribution < -0.4 is 0 Å². The van der Waals surface area contributed by atoms with Gasteiger partial charge in [-0.25, -0.2) is 4.39 Å². The van der Waals surface area contributed by atoms with Gasteiger partial charge >= 0.3 is 5.97 Å². The molecule has 1 aliphatic heterocycles. The lowest BCUT2D eigenvalue weighted by atomic mass is 9.94. The molecule has 0 saturated carbocycles. The first-order chi connectivity index (χ1) is 9.02. The molecule has 104 valence electrons. The fraction of sp³-hybridized carbons (Fsp3) is 0.500. The van der Waals surface area contributed by atoms with Gasteiger partial charge in [0, 0.05) is 24.5 Å². The molecule has 1 saturated heterocycles. The second-order valence-corrected chi connectivity index (χ2v) is 5.56. The molecule has 0 aromatic heterocycles. The topological polar surface area (TPSA) is 40.5 Å². The largest absolute Gasteiger partial charge is 0.481 e. The molecule has 1 fully saturated rings. The molecule has 1 unspecified atom stereocenters. The van der Waals surface area contributed by atoms with Crippen molar-refractivity contribution >= 4 is 17.6 Å². The van der Waals surface area contributed by atoms with E-state index in [-0.39, 0.29) is 18.2 Å². The summed E-state index contributed by atoms with van der Waals surface area (Å²) in [4.78, 5) is 12.9. The molecule has 0 amide bonds. The molecule has 1 aromatic carbocycles. The third-order valence-electron chi connectivity index (χ3n) is 3.39. The molecule has 0 radical (unpaired) electrons. The van der Waals surface area contributed by atoms with Crippen molar-refractivity contribution in [1.82, 2.24) is 4.90 Å². The molecule has 1 heterocycles. The van der Waals surface area contributed by atoms with Gasteiger partial charge in [0.15, 0.2) is 0 Å². The molecule has 0 spiro atoms. The number of carboxylic acids is 1. The van der Waals surface area contributed by atoms with Crippen LogP contribution in [0.15, 0.2) is 18.2 Å². The van der Waals surface area contributed by atoms with E-state index in [1.807, 2.05) is 0 Å². The zero-order valence-electron chi connectivity index (χ0n) is 10.6. The molecule has 1 aliphatic rings. The molecule has 0 aliphatic carbocycles. The van der Waals surface area contributed by atoms with Crippen LogP contribution in [0.4, 0.5) is 4.39 Å². The minimum absolute atomic E-state index is 0.190. The zero-order chi connectivity index (χ0) is 13.8. The van der Waals surface area contributed by atoms with E-state index in [9.17, 15) is 9.18 Å². The summed E-state index contributed by atoms with van der Waals surface area (Å²) >= 11 is 5.83. The van der Waals surface area contributed by atoms with Gasteiger partial charge in [0.1, 0.15) is 5.82 Å². The lowest BCUT2D eigenvalue weighted by Crippen LogP contribution is -2.35. The monoisotopic (exact) mass is 285 g/mol. The summed E-state index contributed by atoms with van der Waals surface area (Å²) in [6.45, 7) is 2.29. The summed E-state index contributed by atoms with van der Waals surface area (Å²) in [6, 6.07) is 4.52. The van der Waals surface area contributed by atoms with Crippen LogP contribution >= 0.6 is 11.6 Å². The number of carbonyl (C=O) groups is 1. The molecule has 1 aromatic rings. The molecule has 5 heteroatoms. The van der Waals surface area contributed by atoms with Gasteiger partial charge in [-0.15, -0.1) is 0 Å². The normalized spacial score (nSPS) is 20.4. The van der Waals surface area contributed by atoms with Gasteiger partial charge in [-0.3, -0.25) is 9.69 Å². The highest BCUT2D eigenvalue weighted by atomic mass is 35.5. The van der Waals surface area contributed by atoms with Gasteiger partial charge < -0.3 is 5.11 Å². The summed E-state index contributed by atoms with van der Waals surface area (Å²) in [5.41, 5.74) is 0.834. The van der Waals surface area contributed by atoms with E-state index < -0.39 is 5.97 Å². The number of nitrogens with zero attached hydrogens (tertiary/aromatic N) is 1. The number of likely N-dealkylation sites (tertiary alicyclic amines) is 1. The number of rotatable bonds is 4. The Morgan fingerprint density at radius 1 is 1.47 bits per heavy atom. The van der Waals surface area contributed by atoms with Crippen LogP contribution in [0.5, 0.6) is 0 Å². The Kier molecular flexibility index (Phi) is 4.77. The fourth-order valence-corrected chi connectivity index (χ4v) is 2.91. The Hall–Kier alpha value is -1.13. The SMILES string of the molecule is O=C(O)CC1CCCN(Cc2cc(F)cc(Cl)c2)C1. The summed E-state index contributed by atoms with van der Waals surface area (Å²) < 4.78 is 13.3. The van der Waals surface area contributed by atoms with Gasteiger partial charge in [0.2, 0.25) is 0 Å². The second kappa shape index (κ2) is 6.35. The summed E-state index contributed by atoms with van der Waals surface area (Å²) in [6.07, 6.45) is 2.15. The molecule has 3 nitrogen and oxygen atoms in total. The van der Waals surface area contributed by atoms with Crippen molar-refractivity contribution in [2.75, 3.05) is 13.1 Å². The highest BCUT2D eigenvalue weighted by Gasteiger charge is 2.22. The first-order valence-corrected chi connectivity index (χ1v) is 6.80. The van der Waals surface area contributed by atoms with E-state index in [4.69, 9.17) is 16.7 Å². The van der Waals surface area contributed by atoms with E-state index in [1.54, 1.807) is 6.07 Å². The van der Waals surface area contributed by atoms with Crippen molar-refractivity contribution in [3.8, 4) is 0 Å². The lowest BCUT2D eigenvalue weighted by molar-refractivity contribution is -0.138. The zero-order valence-corrected chi connectivity index (χ0v) is 11.4. The number of aliphatic carboxylic acids is 1. The number of hydrogen-bond donors (Lipinski definition) is 1. The smallest absolute Gasteiger partial charge is 0.303 e. The number of piperidine rings is 1. The van der Waals surface area contributed by atoms with Crippen LogP contribution in [0.1, 0.15) is 24.8 Å². The standard InChI is InChI=1S/C14H17ClFNO2/c15-12-4-11(5-13(16)7-12)9-17-3-1-2-10(8-17)6-14(18)19/h4-5,7,10H,1-3,6,8-9H2,(H,18,19). The Balaban J connectivity index is 1.96. The number of halogens is 2. The van der Waals surface area contributed by atoms with Gasteiger partial charge in [0.25, 0.3) is 0 Å². The van der Waals surface area contributed by atoms with Gasteiger partial charge in [-0.05, 0) is 49.1 Å². The Labute approximate surface area is 117 Å². The summed E-state index contributed by atoms with van der Waals surface area (Å²) in [7, 11) is 0. The van der Waals surface area contributed by atoms with E-state index in [2.05, 4.69) is 4.90 Å². The molecule has 1 atom stereocenters. The minimum atomic E-state index is -0.749. The van der Waals surface area contributed by atoms with Crippen LogP contribution in [0.2, 0.25) is 5.02 Å². The molecular weight excluding hydrogens is 269 g/mol. The van der Waals surface area contributed by atoms with E-state index in [0.29, 0.717) is 11.6 Å². The van der Waals surface area contributed by atoms with Crippen molar-refractivity contribution in [3.63, 3.8) is 0 Å². The summed E-state index contributed by atoms with van der Waals surface area (Å²) in [5, 5.41) is 9.23. The highest BCUT2D eigenvalue weighted by molar-refractivity contribution is 6.30. The number of carboxylic acid groups (broad SMARTS) is 1. The van der Waals surface area contributed by atoms with Crippen LogP contribution in [-0.2, 0) is 11.3 Å². The maximum atomic E-state index is 13.3. The molecule has 19 heavy (non-hydrogen) atoms.